The van der Waals surface area contributed by atoms with Gasteiger partial charge in [0.05, 0.1) is 0 Å². The molecule has 2 nitrogen and oxygen atoms in total. The molecule has 94 valence electrons. The Balaban J connectivity index is 1.53. The minimum Gasteiger partial charge on any atom is -0.314 e. The van der Waals surface area contributed by atoms with Gasteiger partial charge in [0.1, 0.15) is 0 Å². The molecule has 16 heavy (non-hydrogen) atoms. The van der Waals surface area contributed by atoms with E-state index in [9.17, 15) is 0 Å². The summed E-state index contributed by atoms with van der Waals surface area (Å²) in [5.74, 6) is 1.90. The molecular weight excluding hydrogens is 196 g/mol. The molecule has 1 N–H and O–H groups in total. The molecule has 0 atom stereocenters. The van der Waals surface area contributed by atoms with Gasteiger partial charge in [0.25, 0.3) is 0 Å². The van der Waals surface area contributed by atoms with Crippen molar-refractivity contribution in [1.29, 1.82) is 0 Å². The van der Waals surface area contributed by atoms with Crippen LogP contribution in [0.3, 0.4) is 0 Å². The highest BCUT2D eigenvalue weighted by molar-refractivity contribution is 4.79. The highest BCUT2D eigenvalue weighted by Gasteiger charge is 2.22. The summed E-state index contributed by atoms with van der Waals surface area (Å²) in [7, 11) is 0. The van der Waals surface area contributed by atoms with Crippen molar-refractivity contribution in [1.82, 2.24) is 10.2 Å². The van der Waals surface area contributed by atoms with E-state index in [0.29, 0.717) is 0 Å². The van der Waals surface area contributed by atoms with Gasteiger partial charge in [0, 0.05) is 12.6 Å². The smallest absolute Gasteiger partial charge is 0.00914 e. The maximum Gasteiger partial charge on any atom is 0.00914 e. The molecule has 0 unspecified atom stereocenters. The van der Waals surface area contributed by atoms with Gasteiger partial charge in [-0.25, -0.2) is 0 Å². The molecule has 0 spiro atoms. The number of nitrogens with one attached hydrogen (secondary N) is 1. The normalized spacial score (nSPS) is 24.2. The molecule has 1 aliphatic heterocycles. The highest BCUT2D eigenvalue weighted by atomic mass is 15.1. The number of nitrogens with zero attached hydrogens (tertiary/aromatic N) is 1. The predicted octanol–water partition coefficient (Wildman–Crippen LogP) is 2.50. The summed E-state index contributed by atoms with van der Waals surface area (Å²) in [6.45, 7) is 9.80. The van der Waals surface area contributed by atoms with E-state index >= 15 is 0 Å². The standard InChI is InChI=1S/C14H28N2/c1-12(2)11-16-9-6-14(7-10-16)15-8-5-13-3-4-13/h12-15H,3-11H2,1-2H3. The second-order valence-electron chi connectivity index (χ2n) is 6.15. The number of likely N-dealkylation sites (tertiary alicyclic amines) is 1. The lowest BCUT2D eigenvalue weighted by Gasteiger charge is -2.33. The summed E-state index contributed by atoms with van der Waals surface area (Å²) < 4.78 is 0. The van der Waals surface area contributed by atoms with Gasteiger partial charge in [0.2, 0.25) is 0 Å². The lowest BCUT2D eigenvalue weighted by Crippen LogP contribution is -2.43. The van der Waals surface area contributed by atoms with E-state index in [1.54, 1.807) is 0 Å². The van der Waals surface area contributed by atoms with E-state index in [1.807, 2.05) is 0 Å². The van der Waals surface area contributed by atoms with Crippen molar-refractivity contribution in [2.24, 2.45) is 11.8 Å². The van der Waals surface area contributed by atoms with Crippen molar-refractivity contribution in [3.05, 3.63) is 0 Å². The fourth-order valence-electron chi connectivity index (χ4n) is 2.73. The molecule has 0 amide bonds. The van der Waals surface area contributed by atoms with E-state index in [2.05, 4.69) is 24.1 Å². The topological polar surface area (TPSA) is 15.3 Å². The average molecular weight is 224 g/mol. The highest BCUT2D eigenvalue weighted by Crippen LogP contribution is 2.31. The van der Waals surface area contributed by atoms with Crippen LogP contribution in [0.5, 0.6) is 0 Å². The van der Waals surface area contributed by atoms with Gasteiger partial charge in [-0.2, -0.15) is 0 Å². The van der Waals surface area contributed by atoms with Crippen LogP contribution >= 0.6 is 0 Å². The third-order valence-corrected chi connectivity index (χ3v) is 3.89. The van der Waals surface area contributed by atoms with Crippen molar-refractivity contribution in [3.63, 3.8) is 0 Å². The Morgan fingerprint density at radius 1 is 1.12 bits per heavy atom. The Bertz CT molecular complexity index is 191. The monoisotopic (exact) mass is 224 g/mol. The first-order valence-corrected chi connectivity index (χ1v) is 7.20. The first-order chi connectivity index (χ1) is 7.74. The van der Waals surface area contributed by atoms with Crippen LogP contribution in [0.25, 0.3) is 0 Å². The van der Waals surface area contributed by atoms with E-state index < -0.39 is 0 Å². The molecule has 1 heterocycles. The fourth-order valence-corrected chi connectivity index (χ4v) is 2.73. The summed E-state index contributed by atoms with van der Waals surface area (Å²) in [6, 6.07) is 0.808. The Kier molecular flexibility index (Phi) is 4.66. The third-order valence-electron chi connectivity index (χ3n) is 3.89. The minimum absolute atomic E-state index is 0.808. The molecule has 0 aromatic heterocycles. The molecule has 1 aliphatic carbocycles. The van der Waals surface area contributed by atoms with Gasteiger partial charge in [-0.1, -0.05) is 26.7 Å². The molecule has 0 bridgehead atoms. The van der Waals surface area contributed by atoms with Gasteiger partial charge in [-0.05, 0) is 50.7 Å². The Labute approximate surface area is 101 Å². The molecule has 1 saturated carbocycles. The number of rotatable bonds is 6. The van der Waals surface area contributed by atoms with Gasteiger partial charge in [-0.15, -0.1) is 0 Å². The van der Waals surface area contributed by atoms with Crippen molar-refractivity contribution in [2.75, 3.05) is 26.2 Å². The SMILES string of the molecule is CC(C)CN1CCC(NCCC2CC2)CC1. The van der Waals surface area contributed by atoms with Gasteiger partial charge >= 0.3 is 0 Å². The fraction of sp³-hybridized carbons (Fsp3) is 1.00. The summed E-state index contributed by atoms with van der Waals surface area (Å²) in [5, 5.41) is 3.74. The molecule has 0 aromatic carbocycles. The van der Waals surface area contributed by atoms with E-state index in [0.717, 1.165) is 17.9 Å². The summed E-state index contributed by atoms with van der Waals surface area (Å²) >= 11 is 0. The number of hydrogen-bond acceptors (Lipinski definition) is 2. The summed E-state index contributed by atoms with van der Waals surface area (Å²) in [6.07, 6.45) is 7.13. The zero-order valence-corrected chi connectivity index (χ0v) is 11.0. The van der Waals surface area contributed by atoms with Crippen LogP contribution in [0.4, 0.5) is 0 Å². The Hall–Kier alpha value is -0.0800. The van der Waals surface area contributed by atoms with Gasteiger partial charge in [0.15, 0.2) is 0 Å². The zero-order valence-electron chi connectivity index (χ0n) is 11.0. The first kappa shape index (κ1) is 12.4. The molecule has 2 fully saturated rings. The second kappa shape index (κ2) is 6.02. The minimum atomic E-state index is 0.808. The summed E-state index contributed by atoms with van der Waals surface area (Å²) in [5.41, 5.74) is 0. The molecule has 1 saturated heterocycles. The number of hydrogen-bond donors (Lipinski definition) is 1. The van der Waals surface area contributed by atoms with Crippen LogP contribution in [0.1, 0.15) is 46.0 Å². The maximum atomic E-state index is 3.74. The second-order valence-corrected chi connectivity index (χ2v) is 6.15. The predicted molar refractivity (Wildman–Crippen MR) is 69.6 cm³/mol. The molecule has 0 radical (unpaired) electrons. The van der Waals surface area contributed by atoms with Crippen molar-refractivity contribution >= 4 is 0 Å². The molecular formula is C14H28N2. The van der Waals surface area contributed by atoms with E-state index in [4.69, 9.17) is 0 Å². The quantitative estimate of drug-likeness (QED) is 0.746. The summed E-state index contributed by atoms with van der Waals surface area (Å²) in [4.78, 5) is 2.63. The zero-order chi connectivity index (χ0) is 11.4. The number of piperidine rings is 1. The van der Waals surface area contributed by atoms with E-state index in [-0.39, 0.29) is 0 Å². The first-order valence-electron chi connectivity index (χ1n) is 7.20. The van der Waals surface area contributed by atoms with Crippen LogP contribution in [0, 0.1) is 11.8 Å². The lowest BCUT2D eigenvalue weighted by molar-refractivity contribution is 0.180. The van der Waals surface area contributed by atoms with Gasteiger partial charge < -0.3 is 10.2 Å². The van der Waals surface area contributed by atoms with Gasteiger partial charge in [-0.3, -0.25) is 0 Å². The largest absolute Gasteiger partial charge is 0.314 e. The van der Waals surface area contributed by atoms with Crippen LogP contribution < -0.4 is 5.32 Å². The van der Waals surface area contributed by atoms with Crippen molar-refractivity contribution in [2.45, 2.75) is 52.0 Å². The maximum absolute atomic E-state index is 3.74. The average Bonchev–Trinajstić information content (AvgIpc) is 3.04. The van der Waals surface area contributed by atoms with Crippen molar-refractivity contribution < 1.29 is 0 Å². The van der Waals surface area contributed by atoms with E-state index in [1.165, 1.54) is 58.3 Å². The lowest BCUT2D eigenvalue weighted by atomic mass is 10.0. The van der Waals surface area contributed by atoms with Crippen molar-refractivity contribution in [3.8, 4) is 0 Å². The van der Waals surface area contributed by atoms with Crippen LogP contribution in [-0.4, -0.2) is 37.1 Å². The molecule has 0 aromatic rings. The Morgan fingerprint density at radius 3 is 2.38 bits per heavy atom. The van der Waals surface area contributed by atoms with Crippen LogP contribution in [-0.2, 0) is 0 Å². The molecule has 2 aliphatic rings. The molecule has 2 rings (SSSR count). The van der Waals surface area contributed by atoms with Crippen LogP contribution in [0.2, 0.25) is 0 Å². The Morgan fingerprint density at radius 2 is 1.81 bits per heavy atom. The molecule has 2 heteroatoms. The van der Waals surface area contributed by atoms with Crippen LogP contribution in [0.15, 0.2) is 0 Å². The third kappa shape index (κ3) is 4.42.